The Balaban J connectivity index is 2.20. The lowest BCUT2D eigenvalue weighted by Gasteiger charge is -2.08. The summed E-state index contributed by atoms with van der Waals surface area (Å²) in [4.78, 5) is 28.4. The van der Waals surface area contributed by atoms with Crippen LogP contribution >= 0.6 is 11.3 Å². The molecule has 2 heterocycles. The van der Waals surface area contributed by atoms with Crippen LogP contribution in [0.4, 0.5) is 0 Å². The number of hydrogen-bond acceptors (Lipinski definition) is 4. The van der Waals surface area contributed by atoms with Crippen LogP contribution in [0.15, 0.2) is 39.6 Å². The van der Waals surface area contributed by atoms with Gasteiger partial charge in [0.25, 0.3) is 0 Å². The van der Waals surface area contributed by atoms with E-state index in [4.69, 9.17) is 0 Å². The van der Waals surface area contributed by atoms with Crippen LogP contribution in [-0.2, 0) is 6.54 Å². The smallest absolute Gasteiger partial charge is 0.303 e. The van der Waals surface area contributed by atoms with Crippen molar-refractivity contribution in [3.05, 3.63) is 50.6 Å². The van der Waals surface area contributed by atoms with Crippen LogP contribution in [-0.4, -0.2) is 21.1 Å². The summed E-state index contributed by atoms with van der Waals surface area (Å²) in [6.07, 6.45) is 1.99. The summed E-state index contributed by atoms with van der Waals surface area (Å²) in [5.74, 6) is -0.0625. The summed E-state index contributed by atoms with van der Waals surface area (Å²) in [6.45, 7) is 6.21. The fraction of sp³-hybridized carbons (Fsp3) is 0.400. The third kappa shape index (κ3) is 3.78. The monoisotopic (exact) mass is 305 g/mol. The van der Waals surface area contributed by atoms with Crippen molar-refractivity contribution in [2.75, 3.05) is 0 Å². The van der Waals surface area contributed by atoms with Gasteiger partial charge in [0.2, 0.25) is 5.91 Å². The van der Waals surface area contributed by atoms with E-state index in [1.165, 1.54) is 0 Å². The lowest BCUT2D eigenvalue weighted by molar-refractivity contribution is 0.0890. The van der Waals surface area contributed by atoms with Crippen LogP contribution in [0.25, 0.3) is 0 Å². The van der Waals surface area contributed by atoms with Crippen molar-refractivity contribution in [2.24, 2.45) is 4.99 Å². The molecule has 5 nitrogen and oxygen atoms in total. The molecule has 2 aromatic rings. The molecule has 0 aliphatic carbocycles. The molecule has 112 valence electrons. The first-order valence-electron chi connectivity index (χ1n) is 6.88. The zero-order valence-electron chi connectivity index (χ0n) is 12.4. The van der Waals surface area contributed by atoms with Crippen molar-refractivity contribution >= 4 is 17.2 Å². The lowest BCUT2D eigenvalue weighted by atomic mass is 10.3. The number of carbonyl (C=O) groups is 1. The maximum atomic E-state index is 12.4. The molecule has 0 N–H and O–H groups in total. The number of hydrogen-bond donors (Lipinski definition) is 0. The topological polar surface area (TPSA) is 56.4 Å². The second kappa shape index (κ2) is 6.67. The molecule has 2 aromatic heterocycles. The van der Waals surface area contributed by atoms with Gasteiger partial charge in [-0.15, -0.1) is 0 Å². The fourth-order valence-corrected chi connectivity index (χ4v) is 2.78. The van der Waals surface area contributed by atoms with E-state index >= 15 is 0 Å². The largest absolute Gasteiger partial charge is 0.307 e. The Kier molecular flexibility index (Phi) is 4.90. The van der Waals surface area contributed by atoms with Gasteiger partial charge in [-0.25, -0.2) is 0 Å². The molecule has 0 saturated heterocycles. The Labute approximate surface area is 127 Å². The summed E-state index contributed by atoms with van der Waals surface area (Å²) in [7, 11) is 0. The first-order chi connectivity index (χ1) is 9.99. The molecule has 6 heteroatoms. The van der Waals surface area contributed by atoms with Crippen molar-refractivity contribution in [3.63, 3.8) is 0 Å². The average molecular weight is 305 g/mol. The summed E-state index contributed by atoms with van der Waals surface area (Å²) < 4.78 is 3.18. The standard InChI is InChI=1S/C15H19N3O2S/c1-11(2)16-13-6-4-5-8-18(13)14(19)7-9-17-12(3)10-21-15(17)20/h4-6,8,10-11H,7,9H2,1-3H3. The van der Waals surface area contributed by atoms with Gasteiger partial charge in [0.15, 0.2) is 0 Å². The van der Waals surface area contributed by atoms with Crippen molar-refractivity contribution in [1.29, 1.82) is 0 Å². The first kappa shape index (κ1) is 15.4. The van der Waals surface area contributed by atoms with Crippen LogP contribution in [0.5, 0.6) is 0 Å². The molecule has 0 unspecified atom stereocenters. The van der Waals surface area contributed by atoms with Crippen LogP contribution in [0.3, 0.4) is 0 Å². The predicted octanol–water partition coefficient (Wildman–Crippen LogP) is 2.06. The normalized spacial score (nSPS) is 12.1. The number of carbonyl (C=O) groups excluding carboxylic acids is 1. The third-order valence-electron chi connectivity index (χ3n) is 3.02. The molecule has 21 heavy (non-hydrogen) atoms. The van der Waals surface area contributed by atoms with Gasteiger partial charge in [-0.2, -0.15) is 0 Å². The maximum absolute atomic E-state index is 12.4. The SMILES string of the molecule is Cc1csc(=O)n1CCC(=O)n1ccccc1=NC(C)C. The summed E-state index contributed by atoms with van der Waals surface area (Å²) in [5.41, 5.74) is 1.54. The lowest BCUT2D eigenvalue weighted by Crippen LogP contribution is -2.29. The van der Waals surface area contributed by atoms with Gasteiger partial charge in [0.05, 0.1) is 0 Å². The van der Waals surface area contributed by atoms with Crippen molar-refractivity contribution in [3.8, 4) is 0 Å². The molecule has 0 atom stereocenters. The number of aryl methyl sites for hydroxylation is 1. The molecule has 0 spiro atoms. The number of rotatable bonds is 4. The van der Waals surface area contributed by atoms with Crippen LogP contribution in [0.2, 0.25) is 0 Å². The summed E-state index contributed by atoms with van der Waals surface area (Å²) >= 11 is 1.16. The number of nitrogens with zero attached hydrogens (tertiary/aromatic N) is 3. The molecule has 2 rings (SSSR count). The van der Waals surface area contributed by atoms with Crippen LogP contribution < -0.4 is 10.4 Å². The van der Waals surface area contributed by atoms with E-state index in [0.717, 1.165) is 17.0 Å². The Morgan fingerprint density at radius 2 is 2.14 bits per heavy atom. The highest BCUT2D eigenvalue weighted by Crippen LogP contribution is 2.01. The minimum absolute atomic E-state index is 0.0227. The summed E-state index contributed by atoms with van der Waals surface area (Å²) in [5, 5.41) is 1.81. The van der Waals surface area contributed by atoms with E-state index in [9.17, 15) is 9.59 Å². The maximum Gasteiger partial charge on any atom is 0.307 e. The van der Waals surface area contributed by atoms with E-state index in [-0.39, 0.29) is 23.2 Å². The zero-order valence-corrected chi connectivity index (χ0v) is 13.3. The molecule has 0 saturated carbocycles. The van der Waals surface area contributed by atoms with Crippen LogP contribution in [0.1, 0.15) is 30.8 Å². The Hall–Kier alpha value is -1.95. The molecule has 0 radical (unpaired) electrons. The molecule has 0 aromatic carbocycles. The zero-order chi connectivity index (χ0) is 15.4. The molecule has 0 fully saturated rings. The quantitative estimate of drug-likeness (QED) is 0.868. The number of pyridine rings is 1. The van der Waals surface area contributed by atoms with Gasteiger partial charge in [-0.3, -0.25) is 19.1 Å². The third-order valence-corrected chi connectivity index (χ3v) is 3.90. The molecule has 0 aliphatic heterocycles. The van der Waals surface area contributed by atoms with E-state index in [2.05, 4.69) is 4.99 Å². The van der Waals surface area contributed by atoms with E-state index in [0.29, 0.717) is 12.0 Å². The minimum Gasteiger partial charge on any atom is -0.303 e. The number of aromatic nitrogens is 2. The van der Waals surface area contributed by atoms with Gasteiger partial charge < -0.3 is 4.57 Å². The molecular formula is C15H19N3O2S. The highest BCUT2D eigenvalue weighted by Gasteiger charge is 2.08. The fourth-order valence-electron chi connectivity index (χ4n) is 2.02. The molecule has 0 amide bonds. The second-order valence-electron chi connectivity index (χ2n) is 5.09. The Morgan fingerprint density at radius 3 is 2.76 bits per heavy atom. The molecular weight excluding hydrogens is 286 g/mol. The van der Waals surface area contributed by atoms with Crippen molar-refractivity contribution in [2.45, 2.75) is 39.8 Å². The van der Waals surface area contributed by atoms with Gasteiger partial charge >= 0.3 is 4.87 Å². The highest BCUT2D eigenvalue weighted by molar-refractivity contribution is 7.07. The van der Waals surface area contributed by atoms with Gasteiger partial charge in [0.1, 0.15) is 5.49 Å². The Morgan fingerprint density at radius 1 is 1.38 bits per heavy atom. The van der Waals surface area contributed by atoms with Crippen molar-refractivity contribution in [1.82, 2.24) is 9.13 Å². The van der Waals surface area contributed by atoms with E-state index in [1.54, 1.807) is 21.4 Å². The first-order valence-corrected chi connectivity index (χ1v) is 7.76. The van der Waals surface area contributed by atoms with Gasteiger partial charge in [-0.05, 0) is 32.9 Å². The van der Waals surface area contributed by atoms with Gasteiger partial charge in [-0.1, -0.05) is 17.4 Å². The van der Waals surface area contributed by atoms with Crippen molar-refractivity contribution < 1.29 is 4.79 Å². The highest BCUT2D eigenvalue weighted by atomic mass is 32.1. The molecule has 0 bridgehead atoms. The molecule has 0 aliphatic rings. The number of thiazole rings is 1. The van der Waals surface area contributed by atoms with Crippen LogP contribution in [0, 0.1) is 6.92 Å². The summed E-state index contributed by atoms with van der Waals surface area (Å²) in [6, 6.07) is 5.60. The Bertz CT molecular complexity index is 753. The minimum atomic E-state index is -0.0625. The average Bonchev–Trinajstić information content (AvgIpc) is 2.75. The van der Waals surface area contributed by atoms with E-state index in [1.807, 2.05) is 38.3 Å². The van der Waals surface area contributed by atoms with E-state index < -0.39 is 0 Å². The predicted molar refractivity (Wildman–Crippen MR) is 83.7 cm³/mol. The second-order valence-corrected chi connectivity index (χ2v) is 5.91. The van der Waals surface area contributed by atoms with Gasteiger partial charge in [0, 0.05) is 36.3 Å².